The average molecular weight is 262 g/mol. The average Bonchev–Trinajstić information content (AvgIpc) is 2.37. The van der Waals surface area contributed by atoms with Gasteiger partial charge < -0.3 is 15.7 Å². The standard InChI is InChI=1S/C14H18N2O3/c1-2-16(9-8-14(18)19)13(17)7-6-11-4-3-5-12(15)10-11/h3-7,10H,2,8-9,15H2,1H3,(H,18,19)/b7-6+. The normalized spacial score (nSPS) is 10.6. The van der Waals surface area contributed by atoms with Gasteiger partial charge in [0.2, 0.25) is 5.91 Å². The van der Waals surface area contributed by atoms with E-state index in [9.17, 15) is 9.59 Å². The molecule has 0 aliphatic carbocycles. The summed E-state index contributed by atoms with van der Waals surface area (Å²) in [4.78, 5) is 23.8. The van der Waals surface area contributed by atoms with Crippen LogP contribution in [0.4, 0.5) is 5.69 Å². The number of carboxylic acids is 1. The van der Waals surface area contributed by atoms with E-state index >= 15 is 0 Å². The van der Waals surface area contributed by atoms with E-state index < -0.39 is 5.97 Å². The number of hydrogen-bond donors (Lipinski definition) is 2. The van der Waals surface area contributed by atoms with Crippen LogP contribution in [-0.2, 0) is 9.59 Å². The van der Waals surface area contributed by atoms with Crippen molar-refractivity contribution in [2.45, 2.75) is 13.3 Å². The molecule has 102 valence electrons. The molecule has 1 rings (SSSR count). The van der Waals surface area contributed by atoms with Crippen molar-refractivity contribution >= 4 is 23.6 Å². The Morgan fingerprint density at radius 2 is 2.16 bits per heavy atom. The molecule has 0 aliphatic heterocycles. The Morgan fingerprint density at radius 3 is 2.74 bits per heavy atom. The molecule has 0 aliphatic rings. The maximum absolute atomic E-state index is 11.9. The molecule has 1 amide bonds. The van der Waals surface area contributed by atoms with E-state index in [0.717, 1.165) is 5.56 Å². The molecular weight excluding hydrogens is 244 g/mol. The number of carbonyl (C=O) groups is 2. The van der Waals surface area contributed by atoms with Crippen LogP contribution in [0.3, 0.4) is 0 Å². The van der Waals surface area contributed by atoms with Crippen LogP contribution >= 0.6 is 0 Å². The molecule has 1 aromatic rings. The molecule has 0 atom stereocenters. The second kappa shape index (κ2) is 7.20. The molecule has 3 N–H and O–H groups in total. The van der Waals surface area contributed by atoms with Crippen molar-refractivity contribution in [3.8, 4) is 0 Å². The van der Waals surface area contributed by atoms with Gasteiger partial charge in [-0.15, -0.1) is 0 Å². The van der Waals surface area contributed by atoms with Crippen molar-refractivity contribution in [3.63, 3.8) is 0 Å². The van der Waals surface area contributed by atoms with Crippen molar-refractivity contribution in [3.05, 3.63) is 35.9 Å². The Bertz CT molecular complexity index is 483. The molecular formula is C14H18N2O3. The van der Waals surface area contributed by atoms with Crippen LogP contribution in [-0.4, -0.2) is 35.0 Å². The van der Waals surface area contributed by atoms with Crippen molar-refractivity contribution < 1.29 is 14.7 Å². The van der Waals surface area contributed by atoms with Crippen LogP contribution in [0.25, 0.3) is 6.08 Å². The van der Waals surface area contributed by atoms with Crippen LogP contribution in [0.15, 0.2) is 30.3 Å². The van der Waals surface area contributed by atoms with Gasteiger partial charge in [0, 0.05) is 24.9 Å². The van der Waals surface area contributed by atoms with E-state index in [1.54, 1.807) is 18.2 Å². The molecule has 0 bridgehead atoms. The number of nitrogens with two attached hydrogens (primary N) is 1. The molecule has 0 spiro atoms. The van der Waals surface area contributed by atoms with Gasteiger partial charge in [-0.3, -0.25) is 9.59 Å². The van der Waals surface area contributed by atoms with Crippen LogP contribution in [0, 0.1) is 0 Å². The van der Waals surface area contributed by atoms with Crippen molar-refractivity contribution in [2.75, 3.05) is 18.8 Å². The zero-order chi connectivity index (χ0) is 14.3. The van der Waals surface area contributed by atoms with Crippen LogP contribution in [0.1, 0.15) is 18.9 Å². The Morgan fingerprint density at radius 1 is 1.42 bits per heavy atom. The lowest BCUT2D eigenvalue weighted by Gasteiger charge is -2.17. The smallest absolute Gasteiger partial charge is 0.305 e. The first-order valence-electron chi connectivity index (χ1n) is 6.07. The molecule has 1 aromatic carbocycles. The minimum absolute atomic E-state index is 0.0499. The molecule has 0 aromatic heterocycles. The van der Waals surface area contributed by atoms with E-state index in [-0.39, 0.29) is 18.9 Å². The lowest BCUT2D eigenvalue weighted by atomic mass is 10.2. The van der Waals surface area contributed by atoms with Crippen molar-refractivity contribution in [2.24, 2.45) is 0 Å². The summed E-state index contributed by atoms with van der Waals surface area (Å²) < 4.78 is 0. The third-order valence-corrected chi connectivity index (χ3v) is 2.62. The number of anilines is 1. The molecule has 0 fully saturated rings. The van der Waals surface area contributed by atoms with Gasteiger partial charge in [-0.05, 0) is 30.7 Å². The monoisotopic (exact) mass is 262 g/mol. The highest BCUT2D eigenvalue weighted by Crippen LogP contribution is 2.08. The van der Waals surface area contributed by atoms with E-state index in [1.807, 2.05) is 19.1 Å². The first-order valence-corrected chi connectivity index (χ1v) is 6.07. The van der Waals surface area contributed by atoms with Gasteiger partial charge in [-0.25, -0.2) is 0 Å². The fourth-order valence-corrected chi connectivity index (χ4v) is 1.59. The zero-order valence-corrected chi connectivity index (χ0v) is 10.9. The molecule has 5 nitrogen and oxygen atoms in total. The number of nitrogens with zero attached hydrogens (tertiary/aromatic N) is 1. The fourth-order valence-electron chi connectivity index (χ4n) is 1.59. The van der Waals surface area contributed by atoms with Crippen molar-refractivity contribution in [1.82, 2.24) is 4.90 Å². The molecule has 0 unspecified atom stereocenters. The SMILES string of the molecule is CCN(CCC(=O)O)C(=O)/C=C/c1cccc(N)c1. The molecule has 5 heteroatoms. The summed E-state index contributed by atoms with van der Waals surface area (Å²) in [5, 5.41) is 8.61. The van der Waals surface area contributed by atoms with Gasteiger partial charge in [0.15, 0.2) is 0 Å². The quantitative estimate of drug-likeness (QED) is 0.602. The summed E-state index contributed by atoms with van der Waals surface area (Å²) in [7, 11) is 0. The molecule has 0 radical (unpaired) electrons. The molecule has 0 heterocycles. The third-order valence-electron chi connectivity index (χ3n) is 2.62. The number of carboxylic acid groups (broad SMARTS) is 1. The molecule has 0 saturated carbocycles. The predicted molar refractivity (Wildman–Crippen MR) is 74.4 cm³/mol. The highest BCUT2D eigenvalue weighted by Gasteiger charge is 2.09. The number of benzene rings is 1. The van der Waals surface area contributed by atoms with Gasteiger partial charge in [0.1, 0.15) is 0 Å². The lowest BCUT2D eigenvalue weighted by molar-refractivity contribution is -0.137. The maximum atomic E-state index is 11.9. The highest BCUT2D eigenvalue weighted by molar-refractivity contribution is 5.92. The lowest BCUT2D eigenvalue weighted by Crippen LogP contribution is -2.31. The van der Waals surface area contributed by atoms with E-state index in [1.165, 1.54) is 11.0 Å². The minimum Gasteiger partial charge on any atom is -0.481 e. The van der Waals surface area contributed by atoms with E-state index in [2.05, 4.69) is 0 Å². The number of amides is 1. The number of carbonyl (C=O) groups excluding carboxylic acids is 1. The summed E-state index contributed by atoms with van der Waals surface area (Å²) in [5.41, 5.74) is 7.11. The van der Waals surface area contributed by atoms with Crippen LogP contribution in [0.5, 0.6) is 0 Å². The summed E-state index contributed by atoms with van der Waals surface area (Å²) in [6.07, 6.45) is 3.05. The van der Waals surface area contributed by atoms with Crippen LogP contribution in [0.2, 0.25) is 0 Å². The largest absolute Gasteiger partial charge is 0.481 e. The predicted octanol–water partition coefficient (Wildman–Crippen LogP) is 1.61. The second-order valence-electron chi connectivity index (χ2n) is 4.07. The summed E-state index contributed by atoms with van der Waals surface area (Å²) in [6.45, 7) is 2.51. The van der Waals surface area contributed by atoms with Gasteiger partial charge in [0.25, 0.3) is 0 Å². The zero-order valence-electron chi connectivity index (χ0n) is 10.9. The number of aliphatic carboxylic acids is 1. The summed E-state index contributed by atoms with van der Waals surface area (Å²) in [5.74, 6) is -1.11. The molecule has 19 heavy (non-hydrogen) atoms. The molecule has 0 saturated heterocycles. The maximum Gasteiger partial charge on any atom is 0.305 e. The summed E-state index contributed by atoms with van der Waals surface area (Å²) >= 11 is 0. The van der Waals surface area contributed by atoms with Gasteiger partial charge in [0.05, 0.1) is 6.42 Å². The van der Waals surface area contributed by atoms with E-state index in [4.69, 9.17) is 10.8 Å². The highest BCUT2D eigenvalue weighted by atomic mass is 16.4. The first kappa shape index (κ1) is 14.8. The van der Waals surface area contributed by atoms with Crippen molar-refractivity contribution in [1.29, 1.82) is 0 Å². The Labute approximate surface area is 112 Å². The third kappa shape index (κ3) is 5.25. The Hall–Kier alpha value is -2.30. The summed E-state index contributed by atoms with van der Waals surface area (Å²) in [6, 6.07) is 7.18. The Kier molecular flexibility index (Phi) is 5.60. The van der Waals surface area contributed by atoms with Crippen LogP contribution < -0.4 is 5.73 Å². The van der Waals surface area contributed by atoms with Gasteiger partial charge >= 0.3 is 5.97 Å². The van der Waals surface area contributed by atoms with E-state index in [0.29, 0.717) is 12.2 Å². The minimum atomic E-state index is -0.911. The number of likely N-dealkylation sites (N-methyl/N-ethyl adjacent to an activating group) is 1. The number of nitrogen functional groups attached to an aromatic ring is 1. The fraction of sp³-hybridized carbons (Fsp3) is 0.286. The second-order valence-corrected chi connectivity index (χ2v) is 4.07. The number of rotatable bonds is 6. The van der Waals surface area contributed by atoms with Gasteiger partial charge in [-0.2, -0.15) is 0 Å². The van der Waals surface area contributed by atoms with Gasteiger partial charge in [-0.1, -0.05) is 12.1 Å². The first-order chi connectivity index (χ1) is 9.02. The Balaban J connectivity index is 2.63. The number of hydrogen-bond acceptors (Lipinski definition) is 3. The topological polar surface area (TPSA) is 83.6 Å².